The molecule has 2 aromatic heterocycles. The lowest BCUT2D eigenvalue weighted by Crippen LogP contribution is -2.29. The molecule has 0 aliphatic heterocycles. The van der Waals surface area contributed by atoms with Crippen molar-refractivity contribution in [3.63, 3.8) is 0 Å². The van der Waals surface area contributed by atoms with Gasteiger partial charge in [0, 0.05) is 7.05 Å². The molecular formula is C9H10N4O4. The molecule has 2 N–H and O–H groups in total. The largest absolute Gasteiger partial charge is 0.480 e. The lowest BCUT2D eigenvalue weighted by Gasteiger charge is -2.05. The molecule has 0 atom stereocenters. The highest BCUT2D eigenvalue weighted by molar-refractivity contribution is 5.74. The summed E-state index contributed by atoms with van der Waals surface area (Å²) in [5.41, 5.74) is -0.950. The van der Waals surface area contributed by atoms with E-state index in [1.807, 2.05) is 0 Å². The molecule has 17 heavy (non-hydrogen) atoms. The zero-order valence-electron chi connectivity index (χ0n) is 9.22. The number of nitrogens with zero attached hydrogens (tertiary/aromatic N) is 3. The highest BCUT2D eigenvalue weighted by atomic mass is 16.4. The van der Waals surface area contributed by atoms with Gasteiger partial charge in [-0.2, -0.15) is 0 Å². The molecule has 0 aliphatic carbocycles. The number of hydrogen-bond donors (Lipinski definition) is 2. The number of aromatic nitrogens is 4. The lowest BCUT2D eigenvalue weighted by atomic mass is 10.5. The number of nitrogens with one attached hydrogen (secondary N) is 1. The Morgan fingerprint density at radius 2 is 2.12 bits per heavy atom. The number of aromatic amines is 1. The first-order valence-electron chi connectivity index (χ1n) is 4.79. The number of carbonyl (C=O) groups is 1. The molecule has 8 nitrogen and oxygen atoms in total. The maximum absolute atomic E-state index is 11.5. The molecule has 0 saturated carbocycles. The van der Waals surface area contributed by atoms with Crippen LogP contribution in [-0.4, -0.2) is 30.2 Å². The summed E-state index contributed by atoms with van der Waals surface area (Å²) in [6, 6.07) is 0. The quantitative estimate of drug-likeness (QED) is 0.684. The monoisotopic (exact) mass is 238 g/mol. The van der Waals surface area contributed by atoms with Gasteiger partial charge in [-0.3, -0.25) is 19.1 Å². The van der Waals surface area contributed by atoms with E-state index in [0.29, 0.717) is 5.82 Å². The number of carboxylic acids is 1. The number of carboxylic acid groups (broad SMARTS) is 1. The number of H-pyrrole nitrogens is 1. The first-order valence-corrected chi connectivity index (χ1v) is 4.79. The van der Waals surface area contributed by atoms with Crippen molar-refractivity contribution in [3.05, 3.63) is 26.7 Å². The van der Waals surface area contributed by atoms with Gasteiger partial charge in [-0.1, -0.05) is 0 Å². The van der Waals surface area contributed by atoms with Crippen molar-refractivity contribution < 1.29 is 9.90 Å². The minimum Gasteiger partial charge on any atom is -0.480 e. The van der Waals surface area contributed by atoms with Crippen LogP contribution in [0.4, 0.5) is 0 Å². The Kier molecular flexibility index (Phi) is 2.34. The van der Waals surface area contributed by atoms with Crippen LogP contribution in [0.15, 0.2) is 9.59 Å². The zero-order valence-corrected chi connectivity index (χ0v) is 9.22. The summed E-state index contributed by atoms with van der Waals surface area (Å²) in [4.78, 5) is 39.7. The van der Waals surface area contributed by atoms with Gasteiger partial charge in [0.05, 0.1) is 0 Å². The second-order valence-electron chi connectivity index (χ2n) is 3.63. The summed E-state index contributed by atoms with van der Waals surface area (Å²) in [6.45, 7) is 1.23. The third-order valence-corrected chi connectivity index (χ3v) is 2.48. The standard InChI is InChI=1S/C9H10N4O4/c1-4-10-6-7(16)11-9(17)12(2)8(6)13(4)3-5(14)15/h3H2,1-2H3,(H,14,15)(H,11,16,17). The molecule has 0 fully saturated rings. The number of rotatable bonds is 2. The molecule has 0 aliphatic rings. The van der Waals surface area contributed by atoms with Gasteiger partial charge in [-0.05, 0) is 6.92 Å². The van der Waals surface area contributed by atoms with E-state index in [1.165, 1.54) is 16.2 Å². The van der Waals surface area contributed by atoms with E-state index in [0.717, 1.165) is 0 Å². The Bertz CT molecular complexity index is 721. The number of imidazole rings is 1. The van der Waals surface area contributed by atoms with Crippen LogP contribution in [0.25, 0.3) is 11.2 Å². The fourth-order valence-electron chi connectivity index (χ4n) is 1.71. The van der Waals surface area contributed by atoms with E-state index in [9.17, 15) is 14.4 Å². The van der Waals surface area contributed by atoms with Gasteiger partial charge in [-0.15, -0.1) is 0 Å². The van der Waals surface area contributed by atoms with Gasteiger partial charge in [0.25, 0.3) is 5.56 Å². The van der Waals surface area contributed by atoms with Crippen LogP contribution in [0.5, 0.6) is 0 Å². The average Bonchev–Trinajstić information content (AvgIpc) is 2.53. The summed E-state index contributed by atoms with van der Waals surface area (Å²) in [7, 11) is 1.44. The van der Waals surface area contributed by atoms with E-state index >= 15 is 0 Å². The Hall–Kier alpha value is -2.38. The van der Waals surface area contributed by atoms with Crippen LogP contribution < -0.4 is 11.2 Å². The van der Waals surface area contributed by atoms with E-state index in [1.54, 1.807) is 6.92 Å². The molecule has 2 heterocycles. The smallest absolute Gasteiger partial charge is 0.329 e. The zero-order chi connectivity index (χ0) is 12.7. The van der Waals surface area contributed by atoms with Gasteiger partial charge in [0.15, 0.2) is 11.2 Å². The minimum absolute atomic E-state index is 0.0610. The van der Waals surface area contributed by atoms with E-state index in [-0.39, 0.29) is 17.7 Å². The normalized spacial score (nSPS) is 10.9. The minimum atomic E-state index is -1.07. The summed E-state index contributed by atoms with van der Waals surface area (Å²) in [5, 5.41) is 8.78. The van der Waals surface area contributed by atoms with Crippen LogP contribution in [0.3, 0.4) is 0 Å². The van der Waals surface area contributed by atoms with E-state index in [2.05, 4.69) is 9.97 Å². The number of aliphatic carboxylic acids is 1. The molecule has 0 aromatic carbocycles. The summed E-state index contributed by atoms with van der Waals surface area (Å²) in [5.74, 6) is -0.700. The van der Waals surface area contributed by atoms with Crippen molar-refractivity contribution in [1.29, 1.82) is 0 Å². The van der Waals surface area contributed by atoms with Crippen LogP contribution in [0.1, 0.15) is 5.82 Å². The number of aryl methyl sites for hydroxylation is 2. The Balaban J connectivity index is 2.94. The topological polar surface area (TPSA) is 110 Å². The second-order valence-corrected chi connectivity index (χ2v) is 3.63. The Labute approximate surface area is 94.1 Å². The predicted molar refractivity (Wildman–Crippen MR) is 58.0 cm³/mol. The highest BCUT2D eigenvalue weighted by Gasteiger charge is 2.16. The summed E-state index contributed by atoms with van der Waals surface area (Å²) in [6.07, 6.45) is 0. The first-order chi connectivity index (χ1) is 7.91. The van der Waals surface area contributed by atoms with Crippen LogP contribution in [0.2, 0.25) is 0 Å². The van der Waals surface area contributed by atoms with Gasteiger partial charge in [0.1, 0.15) is 12.4 Å². The van der Waals surface area contributed by atoms with Crippen molar-refractivity contribution in [2.24, 2.45) is 7.05 Å². The summed E-state index contributed by atoms with van der Waals surface area (Å²) < 4.78 is 2.48. The molecule has 0 bridgehead atoms. The molecule has 0 saturated heterocycles. The third-order valence-electron chi connectivity index (χ3n) is 2.48. The Morgan fingerprint density at radius 3 is 2.71 bits per heavy atom. The van der Waals surface area contributed by atoms with Crippen LogP contribution >= 0.6 is 0 Å². The summed E-state index contributed by atoms with van der Waals surface area (Å²) >= 11 is 0. The molecule has 0 amide bonds. The SMILES string of the molecule is Cc1nc2c(=O)[nH]c(=O)n(C)c2n1CC(=O)O. The molecule has 0 unspecified atom stereocenters. The van der Waals surface area contributed by atoms with Crippen molar-refractivity contribution in [2.75, 3.05) is 0 Å². The van der Waals surface area contributed by atoms with Crippen molar-refractivity contribution in [1.82, 2.24) is 19.1 Å². The number of hydrogen-bond acceptors (Lipinski definition) is 4. The fourth-order valence-corrected chi connectivity index (χ4v) is 1.71. The molecular weight excluding hydrogens is 228 g/mol. The van der Waals surface area contributed by atoms with Gasteiger partial charge >= 0.3 is 11.7 Å². The second kappa shape index (κ2) is 3.58. The van der Waals surface area contributed by atoms with Crippen molar-refractivity contribution >= 4 is 17.1 Å². The maximum Gasteiger partial charge on any atom is 0.329 e. The predicted octanol–water partition coefficient (Wildman–Crippen LogP) is -1.18. The van der Waals surface area contributed by atoms with E-state index < -0.39 is 17.2 Å². The average molecular weight is 238 g/mol. The van der Waals surface area contributed by atoms with Crippen LogP contribution in [0, 0.1) is 6.92 Å². The van der Waals surface area contributed by atoms with E-state index in [4.69, 9.17) is 5.11 Å². The van der Waals surface area contributed by atoms with Crippen LogP contribution in [-0.2, 0) is 18.4 Å². The molecule has 2 aromatic rings. The van der Waals surface area contributed by atoms with Gasteiger partial charge < -0.3 is 9.67 Å². The molecule has 2 rings (SSSR count). The molecule has 90 valence electrons. The van der Waals surface area contributed by atoms with Crippen molar-refractivity contribution in [2.45, 2.75) is 13.5 Å². The third kappa shape index (κ3) is 1.63. The van der Waals surface area contributed by atoms with Gasteiger partial charge in [-0.25, -0.2) is 9.78 Å². The fraction of sp³-hybridized carbons (Fsp3) is 0.333. The lowest BCUT2D eigenvalue weighted by molar-refractivity contribution is -0.137. The Morgan fingerprint density at radius 1 is 1.47 bits per heavy atom. The highest BCUT2D eigenvalue weighted by Crippen LogP contribution is 2.09. The molecule has 0 spiro atoms. The number of fused-ring (bicyclic) bond motifs is 1. The molecule has 8 heteroatoms. The first kappa shape index (κ1) is 11.1. The van der Waals surface area contributed by atoms with Crippen molar-refractivity contribution in [3.8, 4) is 0 Å². The van der Waals surface area contributed by atoms with Gasteiger partial charge in [0.2, 0.25) is 0 Å². The molecule has 0 radical (unpaired) electrons. The maximum atomic E-state index is 11.5.